The third-order valence-electron chi connectivity index (χ3n) is 2.29. The van der Waals surface area contributed by atoms with E-state index in [0.29, 0.717) is 5.69 Å². The maximum absolute atomic E-state index is 11.6. The van der Waals surface area contributed by atoms with Crippen LogP contribution in [-0.4, -0.2) is 25.0 Å². The molecule has 1 aromatic rings. The number of ether oxygens (including phenoxy) is 1. The molecule has 0 atom stereocenters. The minimum atomic E-state index is -0.333. The zero-order chi connectivity index (χ0) is 11.7. The summed E-state index contributed by atoms with van der Waals surface area (Å²) in [5.74, 6) is -0.665. The van der Waals surface area contributed by atoms with Crippen molar-refractivity contribution in [3.05, 3.63) is 28.2 Å². The van der Waals surface area contributed by atoms with Gasteiger partial charge in [-0.05, 0) is 40.5 Å². The van der Waals surface area contributed by atoms with Gasteiger partial charge in [0.05, 0.1) is 5.69 Å². The molecule has 0 radical (unpaired) electrons. The van der Waals surface area contributed by atoms with Gasteiger partial charge >= 0.3 is 0 Å². The molecule has 0 aromatic heterocycles. The molecule has 16 heavy (non-hydrogen) atoms. The van der Waals surface area contributed by atoms with E-state index in [1.165, 1.54) is 0 Å². The first-order valence-corrected chi connectivity index (χ1v) is 5.58. The van der Waals surface area contributed by atoms with Crippen molar-refractivity contribution < 1.29 is 14.3 Å². The number of carbonyl (C=O) groups excluding carboxylic acids is 2. The lowest BCUT2D eigenvalue weighted by atomic mass is 10.2. The second-order valence-corrected chi connectivity index (χ2v) is 4.42. The van der Waals surface area contributed by atoms with Gasteiger partial charge in [0.1, 0.15) is 13.2 Å². The quantitative estimate of drug-likeness (QED) is 0.737. The van der Waals surface area contributed by atoms with Crippen LogP contribution < -0.4 is 4.90 Å². The van der Waals surface area contributed by atoms with Gasteiger partial charge in [-0.1, -0.05) is 6.07 Å². The van der Waals surface area contributed by atoms with Crippen molar-refractivity contribution >= 4 is 33.4 Å². The summed E-state index contributed by atoms with van der Waals surface area (Å²) in [5.41, 5.74) is 1.63. The fourth-order valence-electron chi connectivity index (χ4n) is 1.56. The normalized spacial score (nSPS) is 16.8. The van der Waals surface area contributed by atoms with Gasteiger partial charge in [0, 0.05) is 4.47 Å². The number of benzene rings is 1. The molecule has 84 valence electrons. The summed E-state index contributed by atoms with van der Waals surface area (Å²) in [6.45, 7) is 1.84. The number of halogens is 1. The van der Waals surface area contributed by atoms with Gasteiger partial charge < -0.3 is 4.74 Å². The first kappa shape index (κ1) is 11.3. The van der Waals surface area contributed by atoms with E-state index in [1.807, 2.05) is 19.1 Å². The Morgan fingerprint density at radius 1 is 1.25 bits per heavy atom. The van der Waals surface area contributed by atoms with E-state index in [4.69, 9.17) is 4.74 Å². The van der Waals surface area contributed by atoms with Crippen molar-refractivity contribution in [3.63, 3.8) is 0 Å². The molecule has 0 unspecified atom stereocenters. The second-order valence-electron chi connectivity index (χ2n) is 3.57. The molecule has 1 heterocycles. The average Bonchev–Trinajstić information content (AvgIpc) is 2.20. The molecule has 5 heteroatoms. The predicted octanol–water partition coefficient (Wildman–Crippen LogP) is 1.65. The summed E-state index contributed by atoms with van der Waals surface area (Å²) in [6.07, 6.45) is 0. The van der Waals surface area contributed by atoms with Crippen molar-refractivity contribution in [2.75, 3.05) is 18.1 Å². The monoisotopic (exact) mass is 283 g/mol. The summed E-state index contributed by atoms with van der Waals surface area (Å²) < 4.78 is 5.59. The number of nitrogens with zero attached hydrogens (tertiary/aromatic N) is 1. The highest BCUT2D eigenvalue weighted by Crippen LogP contribution is 2.28. The molecule has 4 nitrogen and oxygen atoms in total. The molecule has 2 amide bonds. The highest BCUT2D eigenvalue weighted by molar-refractivity contribution is 9.10. The Balaban J connectivity index is 2.42. The molecule has 1 aromatic carbocycles. The summed E-state index contributed by atoms with van der Waals surface area (Å²) in [6, 6.07) is 5.47. The fourth-order valence-corrected chi connectivity index (χ4v) is 2.23. The minimum absolute atomic E-state index is 0.0495. The van der Waals surface area contributed by atoms with Crippen LogP contribution in [0.25, 0.3) is 0 Å². The average molecular weight is 284 g/mol. The highest BCUT2D eigenvalue weighted by atomic mass is 79.9. The minimum Gasteiger partial charge on any atom is -0.362 e. The maximum Gasteiger partial charge on any atom is 0.259 e. The van der Waals surface area contributed by atoms with Crippen LogP contribution in [0.4, 0.5) is 5.69 Å². The van der Waals surface area contributed by atoms with Crippen molar-refractivity contribution in [3.8, 4) is 0 Å². The lowest BCUT2D eigenvalue weighted by Crippen LogP contribution is -2.46. The van der Waals surface area contributed by atoms with Gasteiger partial charge in [0.15, 0.2) is 0 Å². The number of anilines is 1. The smallest absolute Gasteiger partial charge is 0.259 e. The molecule has 0 spiro atoms. The largest absolute Gasteiger partial charge is 0.362 e. The number of imide groups is 1. The van der Waals surface area contributed by atoms with E-state index in [9.17, 15) is 9.59 Å². The molecule has 0 N–H and O–H groups in total. The molecule has 1 aliphatic rings. The van der Waals surface area contributed by atoms with Crippen molar-refractivity contribution in [2.45, 2.75) is 6.92 Å². The Morgan fingerprint density at radius 3 is 2.44 bits per heavy atom. The zero-order valence-electron chi connectivity index (χ0n) is 8.70. The molecule has 0 aliphatic carbocycles. The van der Waals surface area contributed by atoms with Crippen LogP contribution in [0.1, 0.15) is 5.56 Å². The lowest BCUT2D eigenvalue weighted by Gasteiger charge is -2.25. The number of rotatable bonds is 1. The third-order valence-corrected chi connectivity index (χ3v) is 2.93. The lowest BCUT2D eigenvalue weighted by molar-refractivity contribution is -0.138. The van der Waals surface area contributed by atoms with Gasteiger partial charge in [-0.25, -0.2) is 4.90 Å². The molecule has 1 aliphatic heterocycles. The standard InChI is InChI=1S/C11H10BrNO3/c1-7-2-3-9(8(12)4-7)13-10(14)5-16-6-11(13)15/h2-4H,5-6H2,1H3. The summed E-state index contributed by atoms with van der Waals surface area (Å²) >= 11 is 3.35. The van der Waals surface area contributed by atoms with E-state index in [-0.39, 0.29) is 25.0 Å². The summed E-state index contributed by atoms with van der Waals surface area (Å²) in [4.78, 5) is 24.4. The Kier molecular flexibility index (Phi) is 3.07. The van der Waals surface area contributed by atoms with Gasteiger partial charge in [-0.3, -0.25) is 9.59 Å². The van der Waals surface area contributed by atoms with E-state index in [2.05, 4.69) is 15.9 Å². The maximum atomic E-state index is 11.6. The Bertz CT molecular complexity index is 443. The van der Waals surface area contributed by atoms with E-state index in [0.717, 1.165) is 14.9 Å². The van der Waals surface area contributed by atoms with Gasteiger partial charge in [-0.2, -0.15) is 0 Å². The van der Waals surface area contributed by atoms with Crippen LogP contribution in [0, 0.1) is 6.92 Å². The molecule has 1 fully saturated rings. The van der Waals surface area contributed by atoms with E-state index >= 15 is 0 Å². The summed E-state index contributed by atoms with van der Waals surface area (Å²) in [7, 11) is 0. The first-order chi connectivity index (χ1) is 7.59. The van der Waals surface area contributed by atoms with Gasteiger partial charge in [0.2, 0.25) is 0 Å². The highest BCUT2D eigenvalue weighted by Gasteiger charge is 2.29. The Morgan fingerprint density at radius 2 is 1.88 bits per heavy atom. The van der Waals surface area contributed by atoms with Crippen LogP contribution in [0.3, 0.4) is 0 Å². The third kappa shape index (κ3) is 2.01. The first-order valence-electron chi connectivity index (χ1n) is 4.79. The van der Waals surface area contributed by atoms with Crippen LogP contribution in [0.15, 0.2) is 22.7 Å². The Labute approximate surface area is 101 Å². The van der Waals surface area contributed by atoms with Gasteiger partial charge in [0.25, 0.3) is 11.8 Å². The van der Waals surface area contributed by atoms with Crippen molar-refractivity contribution in [1.29, 1.82) is 0 Å². The van der Waals surface area contributed by atoms with E-state index < -0.39 is 0 Å². The van der Waals surface area contributed by atoms with Gasteiger partial charge in [-0.15, -0.1) is 0 Å². The number of aryl methyl sites for hydroxylation is 1. The van der Waals surface area contributed by atoms with Crippen LogP contribution in [0.5, 0.6) is 0 Å². The number of hydrogen-bond acceptors (Lipinski definition) is 3. The number of morpholine rings is 1. The van der Waals surface area contributed by atoms with Crippen molar-refractivity contribution in [2.24, 2.45) is 0 Å². The van der Waals surface area contributed by atoms with Crippen molar-refractivity contribution in [1.82, 2.24) is 0 Å². The molecular formula is C11H10BrNO3. The topological polar surface area (TPSA) is 46.6 Å². The van der Waals surface area contributed by atoms with E-state index in [1.54, 1.807) is 6.07 Å². The number of hydrogen-bond donors (Lipinski definition) is 0. The van der Waals surface area contributed by atoms with Crippen LogP contribution >= 0.6 is 15.9 Å². The molecule has 0 saturated carbocycles. The number of amides is 2. The molecule has 0 bridgehead atoms. The predicted molar refractivity (Wildman–Crippen MR) is 62.2 cm³/mol. The number of carbonyl (C=O) groups is 2. The zero-order valence-corrected chi connectivity index (χ0v) is 10.3. The Hall–Kier alpha value is -1.20. The van der Waals surface area contributed by atoms with Crippen LogP contribution in [-0.2, 0) is 14.3 Å². The molecule has 1 saturated heterocycles. The fraction of sp³-hybridized carbons (Fsp3) is 0.273. The second kappa shape index (κ2) is 4.35. The van der Waals surface area contributed by atoms with Crippen LogP contribution in [0.2, 0.25) is 0 Å². The summed E-state index contributed by atoms with van der Waals surface area (Å²) in [5, 5.41) is 0. The molecular weight excluding hydrogens is 274 g/mol. The SMILES string of the molecule is Cc1ccc(N2C(=O)COCC2=O)c(Br)c1. The molecule has 2 rings (SSSR count).